The Morgan fingerprint density at radius 1 is 1.62 bits per heavy atom. The first-order chi connectivity index (χ1) is 7.66. The molecular formula is C8H10N6OS. The minimum Gasteiger partial charge on any atom is -0.374 e. The van der Waals surface area contributed by atoms with Gasteiger partial charge in [0.25, 0.3) is 5.91 Å². The first-order valence-corrected chi connectivity index (χ1v) is 5.32. The van der Waals surface area contributed by atoms with Gasteiger partial charge in [-0.25, -0.2) is 4.98 Å². The first-order valence-electron chi connectivity index (χ1n) is 4.50. The molecule has 0 fully saturated rings. The largest absolute Gasteiger partial charge is 0.374 e. The predicted molar refractivity (Wildman–Crippen MR) is 58.7 cm³/mol. The minimum atomic E-state index is -0.294. The third-order valence-corrected chi connectivity index (χ3v) is 2.71. The molecule has 0 atom stereocenters. The maximum absolute atomic E-state index is 11.6. The molecule has 16 heavy (non-hydrogen) atoms. The van der Waals surface area contributed by atoms with E-state index >= 15 is 0 Å². The van der Waals surface area contributed by atoms with Crippen molar-refractivity contribution in [1.82, 2.24) is 25.1 Å². The number of aromatic nitrogens is 4. The first kappa shape index (κ1) is 10.6. The van der Waals surface area contributed by atoms with Crippen LogP contribution in [0.25, 0.3) is 0 Å². The van der Waals surface area contributed by atoms with Crippen LogP contribution >= 0.6 is 11.3 Å². The third kappa shape index (κ3) is 2.16. The van der Waals surface area contributed by atoms with Gasteiger partial charge in [-0.15, -0.1) is 10.2 Å². The Hall–Kier alpha value is -1.96. The molecule has 0 aromatic carbocycles. The van der Waals surface area contributed by atoms with Crippen molar-refractivity contribution in [2.24, 2.45) is 7.05 Å². The minimum absolute atomic E-state index is 0.256. The monoisotopic (exact) mass is 238 g/mol. The summed E-state index contributed by atoms with van der Waals surface area (Å²) in [5, 5.41) is 10.4. The molecule has 0 aliphatic heterocycles. The number of rotatable bonds is 3. The number of anilines is 1. The summed E-state index contributed by atoms with van der Waals surface area (Å²) in [6.07, 6.45) is 3.48. The van der Waals surface area contributed by atoms with Gasteiger partial charge in [0.1, 0.15) is 5.82 Å². The van der Waals surface area contributed by atoms with Gasteiger partial charge in [-0.1, -0.05) is 11.3 Å². The van der Waals surface area contributed by atoms with Crippen molar-refractivity contribution < 1.29 is 4.79 Å². The van der Waals surface area contributed by atoms with E-state index in [2.05, 4.69) is 20.5 Å². The number of hydrogen-bond acceptors (Lipinski definition) is 6. The molecule has 7 nitrogen and oxygen atoms in total. The molecule has 0 spiro atoms. The molecule has 2 rings (SSSR count). The summed E-state index contributed by atoms with van der Waals surface area (Å²) in [4.78, 5) is 15.6. The van der Waals surface area contributed by atoms with Gasteiger partial charge in [0.15, 0.2) is 0 Å². The number of nitrogen functional groups attached to an aromatic ring is 1. The molecule has 0 radical (unpaired) electrons. The molecule has 2 aromatic rings. The van der Waals surface area contributed by atoms with Gasteiger partial charge in [0.05, 0.1) is 6.54 Å². The summed E-state index contributed by atoms with van der Waals surface area (Å²) in [6, 6.07) is 0. The zero-order valence-corrected chi connectivity index (χ0v) is 9.36. The van der Waals surface area contributed by atoms with Gasteiger partial charge in [0.2, 0.25) is 10.1 Å². The molecule has 2 heterocycles. The van der Waals surface area contributed by atoms with E-state index in [1.807, 2.05) is 17.8 Å². The quantitative estimate of drug-likeness (QED) is 0.770. The summed E-state index contributed by atoms with van der Waals surface area (Å²) in [7, 11) is 1.86. The van der Waals surface area contributed by atoms with E-state index in [1.54, 1.807) is 6.20 Å². The van der Waals surface area contributed by atoms with Crippen molar-refractivity contribution in [3.8, 4) is 0 Å². The van der Waals surface area contributed by atoms with Crippen LogP contribution in [0.3, 0.4) is 0 Å². The Kier molecular flexibility index (Phi) is 2.82. The Balaban J connectivity index is 1.96. The molecular weight excluding hydrogens is 228 g/mol. The highest BCUT2D eigenvalue weighted by Crippen LogP contribution is 2.10. The van der Waals surface area contributed by atoms with E-state index in [4.69, 9.17) is 5.73 Å². The third-order valence-electron chi connectivity index (χ3n) is 1.96. The Morgan fingerprint density at radius 2 is 2.44 bits per heavy atom. The van der Waals surface area contributed by atoms with E-state index in [0.29, 0.717) is 6.54 Å². The van der Waals surface area contributed by atoms with Gasteiger partial charge in [0, 0.05) is 19.4 Å². The van der Waals surface area contributed by atoms with Crippen molar-refractivity contribution in [2.75, 3.05) is 5.73 Å². The standard InChI is InChI=1S/C8H10N6OS/c1-14-3-2-10-5(14)4-11-6(15)7-12-13-8(9)16-7/h2-3H,4H2,1H3,(H2,9,13)(H,11,15). The van der Waals surface area contributed by atoms with Gasteiger partial charge < -0.3 is 15.6 Å². The van der Waals surface area contributed by atoms with Crippen LogP contribution < -0.4 is 11.1 Å². The fourth-order valence-corrected chi connectivity index (χ4v) is 1.65. The number of imidazole rings is 1. The molecule has 0 saturated heterocycles. The molecule has 0 saturated carbocycles. The van der Waals surface area contributed by atoms with E-state index < -0.39 is 0 Å². The second-order valence-corrected chi connectivity index (χ2v) is 4.09. The van der Waals surface area contributed by atoms with Gasteiger partial charge in [-0.2, -0.15) is 0 Å². The lowest BCUT2D eigenvalue weighted by molar-refractivity contribution is 0.0948. The van der Waals surface area contributed by atoms with Gasteiger partial charge >= 0.3 is 0 Å². The second kappa shape index (κ2) is 4.27. The van der Waals surface area contributed by atoms with Crippen molar-refractivity contribution >= 4 is 22.4 Å². The molecule has 0 aliphatic rings. The van der Waals surface area contributed by atoms with Crippen LogP contribution in [0.2, 0.25) is 0 Å². The number of carbonyl (C=O) groups excluding carboxylic acids is 1. The lowest BCUT2D eigenvalue weighted by Gasteiger charge is -2.02. The van der Waals surface area contributed by atoms with E-state index in [-0.39, 0.29) is 16.0 Å². The molecule has 2 aromatic heterocycles. The number of hydrogen-bond donors (Lipinski definition) is 2. The van der Waals surface area contributed by atoms with Crippen molar-refractivity contribution in [3.05, 3.63) is 23.2 Å². The molecule has 0 aliphatic carbocycles. The molecule has 84 valence electrons. The van der Waals surface area contributed by atoms with Crippen LogP contribution in [0.1, 0.15) is 15.6 Å². The van der Waals surface area contributed by atoms with Crippen LogP contribution in [0.4, 0.5) is 5.13 Å². The molecule has 0 unspecified atom stereocenters. The van der Waals surface area contributed by atoms with Crippen LogP contribution in [-0.4, -0.2) is 25.7 Å². The molecule has 8 heteroatoms. The van der Waals surface area contributed by atoms with Crippen molar-refractivity contribution in [1.29, 1.82) is 0 Å². The molecule has 1 amide bonds. The smallest absolute Gasteiger partial charge is 0.282 e. The predicted octanol–water partition coefficient (Wildman–Crippen LogP) is -0.216. The lowest BCUT2D eigenvalue weighted by atomic mass is 10.5. The van der Waals surface area contributed by atoms with E-state index in [9.17, 15) is 4.79 Å². The van der Waals surface area contributed by atoms with Crippen LogP contribution in [-0.2, 0) is 13.6 Å². The normalized spacial score (nSPS) is 10.3. The average Bonchev–Trinajstić information content (AvgIpc) is 2.84. The van der Waals surface area contributed by atoms with Gasteiger partial charge in [-0.3, -0.25) is 4.79 Å². The summed E-state index contributed by atoms with van der Waals surface area (Å²) < 4.78 is 1.83. The van der Waals surface area contributed by atoms with E-state index in [1.165, 1.54) is 0 Å². The highest BCUT2D eigenvalue weighted by Gasteiger charge is 2.11. The van der Waals surface area contributed by atoms with Crippen LogP contribution in [0.15, 0.2) is 12.4 Å². The number of nitrogens with two attached hydrogens (primary N) is 1. The van der Waals surface area contributed by atoms with E-state index in [0.717, 1.165) is 17.2 Å². The maximum Gasteiger partial charge on any atom is 0.282 e. The summed E-state index contributed by atoms with van der Waals surface area (Å²) >= 11 is 1.05. The second-order valence-electron chi connectivity index (χ2n) is 3.08. The summed E-state index contributed by atoms with van der Waals surface area (Å²) in [6.45, 7) is 0.349. The SMILES string of the molecule is Cn1ccnc1CNC(=O)c1nnc(N)s1. The number of amides is 1. The summed E-state index contributed by atoms with van der Waals surface area (Å²) in [5.74, 6) is 0.475. The maximum atomic E-state index is 11.6. The zero-order chi connectivity index (χ0) is 11.5. The molecule has 3 N–H and O–H groups in total. The number of aryl methyl sites for hydroxylation is 1. The van der Waals surface area contributed by atoms with Gasteiger partial charge in [-0.05, 0) is 0 Å². The van der Waals surface area contributed by atoms with Crippen LogP contribution in [0, 0.1) is 0 Å². The Labute approximate surface area is 95.3 Å². The fraction of sp³-hybridized carbons (Fsp3) is 0.250. The van der Waals surface area contributed by atoms with Crippen molar-refractivity contribution in [3.63, 3.8) is 0 Å². The molecule has 0 bridgehead atoms. The lowest BCUT2D eigenvalue weighted by Crippen LogP contribution is -2.24. The van der Waals surface area contributed by atoms with Crippen LogP contribution in [0.5, 0.6) is 0 Å². The Bertz CT molecular complexity index is 504. The highest BCUT2D eigenvalue weighted by atomic mass is 32.1. The number of nitrogens with zero attached hydrogens (tertiary/aromatic N) is 4. The number of carbonyl (C=O) groups is 1. The number of nitrogens with one attached hydrogen (secondary N) is 1. The topological polar surface area (TPSA) is 98.7 Å². The highest BCUT2D eigenvalue weighted by molar-refractivity contribution is 7.16. The Morgan fingerprint density at radius 3 is 3.00 bits per heavy atom. The van der Waals surface area contributed by atoms with Crippen molar-refractivity contribution in [2.45, 2.75) is 6.54 Å². The zero-order valence-electron chi connectivity index (χ0n) is 8.54. The summed E-state index contributed by atoms with van der Waals surface area (Å²) in [5.41, 5.74) is 5.38. The average molecular weight is 238 g/mol. The fourth-order valence-electron chi connectivity index (χ4n) is 1.13.